The van der Waals surface area contributed by atoms with Gasteiger partial charge in [0.1, 0.15) is 5.82 Å². The Bertz CT molecular complexity index is 398. The van der Waals surface area contributed by atoms with Crippen LogP contribution in [0.15, 0.2) is 30.3 Å². The number of hydrogen-bond donors (Lipinski definition) is 1. The summed E-state index contributed by atoms with van der Waals surface area (Å²) in [7, 11) is 0. The first kappa shape index (κ1) is 15.4. The first-order valence-electron chi connectivity index (χ1n) is 6.94. The molecular weight excluding hydrogens is 241 g/mol. The summed E-state index contributed by atoms with van der Waals surface area (Å²) in [5.41, 5.74) is 0.819. The van der Waals surface area contributed by atoms with Gasteiger partial charge in [-0.3, -0.25) is 4.79 Å². The molecule has 0 saturated heterocycles. The lowest BCUT2D eigenvalue weighted by atomic mass is 10.1. The largest absolute Gasteiger partial charge is 0.353 e. The van der Waals surface area contributed by atoms with Crippen molar-refractivity contribution in [1.29, 1.82) is 0 Å². The zero-order chi connectivity index (χ0) is 13.9. The summed E-state index contributed by atoms with van der Waals surface area (Å²) >= 11 is 0. The van der Waals surface area contributed by atoms with Crippen LogP contribution in [0.3, 0.4) is 0 Å². The van der Waals surface area contributed by atoms with Crippen LogP contribution in [0.1, 0.15) is 44.6 Å². The van der Waals surface area contributed by atoms with E-state index in [9.17, 15) is 9.18 Å². The Morgan fingerprint density at radius 2 is 1.84 bits per heavy atom. The van der Waals surface area contributed by atoms with Crippen molar-refractivity contribution in [2.45, 2.75) is 39.0 Å². The summed E-state index contributed by atoms with van der Waals surface area (Å²) in [4.78, 5) is 11.5. The highest BCUT2D eigenvalue weighted by atomic mass is 19.1. The molecule has 2 nitrogen and oxygen atoms in total. The van der Waals surface area contributed by atoms with E-state index >= 15 is 0 Å². The molecule has 0 radical (unpaired) electrons. The van der Waals surface area contributed by atoms with Crippen LogP contribution < -0.4 is 5.32 Å². The Balaban J connectivity index is 2.18. The highest BCUT2D eigenvalue weighted by Crippen LogP contribution is 2.04. The second-order valence-electron chi connectivity index (χ2n) is 4.59. The number of hydrogen-bond acceptors (Lipinski definition) is 1. The van der Waals surface area contributed by atoms with Gasteiger partial charge in [-0.25, -0.2) is 4.39 Å². The maximum absolute atomic E-state index is 12.7. The van der Waals surface area contributed by atoms with Gasteiger partial charge in [0.05, 0.1) is 0 Å². The van der Waals surface area contributed by atoms with Gasteiger partial charge in [0, 0.05) is 12.6 Å². The average molecular weight is 263 g/mol. The topological polar surface area (TPSA) is 29.1 Å². The van der Waals surface area contributed by atoms with Gasteiger partial charge in [0.25, 0.3) is 0 Å². The first-order valence-corrected chi connectivity index (χ1v) is 6.94. The minimum absolute atomic E-state index is 0.0974. The van der Waals surface area contributed by atoms with Crippen molar-refractivity contribution < 1.29 is 9.18 Å². The van der Waals surface area contributed by atoms with E-state index in [-0.39, 0.29) is 11.7 Å². The summed E-state index contributed by atoms with van der Waals surface area (Å²) < 4.78 is 12.7. The van der Waals surface area contributed by atoms with Crippen molar-refractivity contribution in [3.05, 3.63) is 41.7 Å². The van der Waals surface area contributed by atoms with Crippen molar-refractivity contribution in [2.75, 3.05) is 6.54 Å². The Hall–Kier alpha value is -1.64. The van der Waals surface area contributed by atoms with Crippen LogP contribution >= 0.6 is 0 Å². The maximum Gasteiger partial charge on any atom is 0.243 e. The fourth-order valence-electron chi connectivity index (χ4n) is 1.74. The lowest BCUT2D eigenvalue weighted by Crippen LogP contribution is -2.21. The zero-order valence-electron chi connectivity index (χ0n) is 11.5. The monoisotopic (exact) mass is 263 g/mol. The molecule has 0 heterocycles. The maximum atomic E-state index is 12.7. The molecule has 19 heavy (non-hydrogen) atoms. The van der Waals surface area contributed by atoms with Gasteiger partial charge >= 0.3 is 0 Å². The lowest BCUT2D eigenvalue weighted by Gasteiger charge is -2.01. The van der Waals surface area contributed by atoms with E-state index in [1.807, 2.05) is 0 Å². The van der Waals surface area contributed by atoms with Crippen LogP contribution in [0, 0.1) is 5.82 Å². The van der Waals surface area contributed by atoms with Gasteiger partial charge in [-0.15, -0.1) is 0 Å². The fraction of sp³-hybridized carbons (Fsp3) is 0.438. The van der Waals surface area contributed by atoms with E-state index in [1.54, 1.807) is 18.2 Å². The number of halogens is 1. The molecule has 0 aliphatic carbocycles. The molecule has 1 amide bonds. The van der Waals surface area contributed by atoms with Crippen LogP contribution in [-0.2, 0) is 4.79 Å². The second kappa shape index (κ2) is 9.31. The van der Waals surface area contributed by atoms with Gasteiger partial charge in [-0.1, -0.05) is 44.7 Å². The van der Waals surface area contributed by atoms with Crippen LogP contribution in [0.25, 0.3) is 6.08 Å². The number of unbranched alkanes of at least 4 members (excludes halogenated alkanes) is 4. The van der Waals surface area contributed by atoms with Crippen LogP contribution in [0.2, 0.25) is 0 Å². The highest BCUT2D eigenvalue weighted by molar-refractivity contribution is 5.91. The number of rotatable bonds is 8. The van der Waals surface area contributed by atoms with Crippen molar-refractivity contribution in [1.82, 2.24) is 5.32 Å². The molecule has 0 fully saturated rings. The molecule has 1 N–H and O–H groups in total. The lowest BCUT2D eigenvalue weighted by molar-refractivity contribution is -0.116. The molecule has 0 saturated carbocycles. The molecule has 0 aromatic heterocycles. The normalized spacial score (nSPS) is 10.8. The third-order valence-corrected chi connectivity index (χ3v) is 2.88. The van der Waals surface area contributed by atoms with Crippen molar-refractivity contribution in [2.24, 2.45) is 0 Å². The minimum Gasteiger partial charge on any atom is -0.353 e. The third kappa shape index (κ3) is 7.39. The Labute approximate surface area is 114 Å². The molecule has 1 rings (SSSR count). The van der Waals surface area contributed by atoms with Crippen molar-refractivity contribution in [3.63, 3.8) is 0 Å². The SMILES string of the molecule is CCCCCCCNC(=O)/C=C/c1ccc(F)cc1. The Morgan fingerprint density at radius 3 is 2.53 bits per heavy atom. The molecule has 104 valence electrons. The number of amides is 1. The number of benzene rings is 1. The smallest absolute Gasteiger partial charge is 0.243 e. The van der Waals surface area contributed by atoms with Gasteiger partial charge in [-0.05, 0) is 30.2 Å². The fourth-order valence-corrected chi connectivity index (χ4v) is 1.74. The molecule has 0 atom stereocenters. The van der Waals surface area contributed by atoms with E-state index in [0.29, 0.717) is 0 Å². The molecule has 1 aromatic carbocycles. The molecular formula is C16H22FNO. The van der Waals surface area contributed by atoms with E-state index in [1.165, 1.54) is 37.5 Å². The first-order chi connectivity index (χ1) is 9.22. The van der Waals surface area contributed by atoms with E-state index in [4.69, 9.17) is 0 Å². The Morgan fingerprint density at radius 1 is 1.16 bits per heavy atom. The van der Waals surface area contributed by atoms with Crippen LogP contribution in [0.4, 0.5) is 4.39 Å². The van der Waals surface area contributed by atoms with Gasteiger partial charge in [0.2, 0.25) is 5.91 Å². The van der Waals surface area contributed by atoms with E-state index in [0.717, 1.165) is 24.9 Å². The molecule has 3 heteroatoms. The van der Waals surface area contributed by atoms with Gasteiger partial charge < -0.3 is 5.32 Å². The van der Waals surface area contributed by atoms with Gasteiger partial charge in [0.15, 0.2) is 0 Å². The molecule has 0 spiro atoms. The van der Waals surface area contributed by atoms with Gasteiger partial charge in [-0.2, -0.15) is 0 Å². The average Bonchev–Trinajstić information content (AvgIpc) is 2.42. The minimum atomic E-state index is -0.270. The predicted molar refractivity (Wildman–Crippen MR) is 77.2 cm³/mol. The zero-order valence-corrected chi connectivity index (χ0v) is 11.5. The molecule has 0 unspecified atom stereocenters. The van der Waals surface area contributed by atoms with Crippen LogP contribution in [-0.4, -0.2) is 12.5 Å². The van der Waals surface area contributed by atoms with E-state index in [2.05, 4.69) is 12.2 Å². The summed E-state index contributed by atoms with van der Waals surface area (Å²) in [6, 6.07) is 6.05. The Kier molecular flexibility index (Phi) is 7.56. The quantitative estimate of drug-likeness (QED) is 0.559. The summed E-state index contributed by atoms with van der Waals surface area (Å²) in [5.74, 6) is -0.367. The van der Waals surface area contributed by atoms with Crippen molar-refractivity contribution >= 4 is 12.0 Å². The molecule has 0 aliphatic rings. The van der Waals surface area contributed by atoms with E-state index < -0.39 is 0 Å². The number of carbonyl (C=O) groups is 1. The second-order valence-corrected chi connectivity index (χ2v) is 4.59. The molecule has 0 aliphatic heterocycles. The third-order valence-electron chi connectivity index (χ3n) is 2.88. The summed E-state index contributed by atoms with van der Waals surface area (Å²) in [5, 5.41) is 2.84. The highest BCUT2D eigenvalue weighted by Gasteiger charge is 1.95. The molecule has 1 aromatic rings. The number of carbonyl (C=O) groups excluding carboxylic acids is 1. The predicted octanol–water partition coefficient (Wildman–Crippen LogP) is 3.93. The van der Waals surface area contributed by atoms with Crippen molar-refractivity contribution in [3.8, 4) is 0 Å². The summed E-state index contributed by atoms with van der Waals surface area (Å²) in [6.07, 6.45) is 9.08. The van der Waals surface area contributed by atoms with Crippen LogP contribution in [0.5, 0.6) is 0 Å². The number of nitrogens with one attached hydrogen (secondary N) is 1. The molecule has 0 bridgehead atoms. The summed E-state index contributed by atoms with van der Waals surface area (Å²) in [6.45, 7) is 2.90. The standard InChI is InChI=1S/C16H22FNO/c1-2-3-4-5-6-13-18-16(19)12-9-14-7-10-15(17)11-8-14/h7-12H,2-6,13H2,1H3,(H,18,19)/b12-9+.